The molecule has 1 aromatic carbocycles. The lowest BCUT2D eigenvalue weighted by Crippen LogP contribution is -2.34. The summed E-state index contributed by atoms with van der Waals surface area (Å²) in [6.07, 6.45) is 5.32. The van der Waals surface area contributed by atoms with Crippen LogP contribution in [0.1, 0.15) is 5.56 Å². The lowest BCUT2D eigenvalue weighted by molar-refractivity contribution is 0.474. The van der Waals surface area contributed by atoms with E-state index in [1.165, 1.54) is 0 Å². The Kier molecular flexibility index (Phi) is 3.44. The van der Waals surface area contributed by atoms with Crippen LogP contribution in [0.25, 0.3) is 5.76 Å². The molecule has 0 aliphatic heterocycles. The fourth-order valence-corrected chi connectivity index (χ4v) is 1.79. The molecule has 0 saturated carbocycles. The smallest absolute Gasteiger partial charge is 0.177 e. The van der Waals surface area contributed by atoms with Gasteiger partial charge in [-0.15, -0.1) is 0 Å². The van der Waals surface area contributed by atoms with Crippen LogP contribution in [0.3, 0.4) is 0 Å². The van der Waals surface area contributed by atoms with Crippen molar-refractivity contribution in [3.63, 3.8) is 0 Å². The van der Waals surface area contributed by atoms with E-state index in [1.807, 2.05) is 62.8 Å². The van der Waals surface area contributed by atoms with Crippen molar-refractivity contribution < 1.29 is 5.11 Å². The molecule has 2 aromatic rings. The summed E-state index contributed by atoms with van der Waals surface area (Å²) in [7, 11) is 4.02. The van der Waals surface area contributed by atoms with Gasteiger partial charge in [0.2, 0.25) is 0 Å². The highest BCUT2D eigenvalue weighted by molar-refractivity contribution is 5.60. The summed E-state index contributed by atoms with van der Waals surface area (Å²) in [5, 5.41) is 10.1. The Morgan fingerprint density at radius 2 is 1.67 bits per heavy atom. The number of rotatable bonds is 3. The molecule has 92 valence electrons. The molecule has 0 amide bonds. The van der Waals surface area contributed by atoms with Gasteiger partial charge in [-0.05, 0) is 0 Å². The molecule has 0 aliphatic carbocycles. The molecule has 18 heavy (non-hydrogen) atoms. The maximum atomic E-state index is 10.1. The Hall–Kier alpha value is -2.13. The monoisotopic (exact) mass is 241 g/mol. The van der Waals surface area contributed by atoms with Crippen LogP contribution in [-0.2, 0) is 0 Å². The van der Waals surface area contributed by atoms with E-state index in [0.29, 0.717) is 4.48 Å². The molecule has 1 N–H and O–H groups in total. The number of aromatic nitrogens is 1. The molecule has 0 radical (unpaired) electrons. The maximum Gasteiger partial charge on any atom is 0.177 e. The third-order valence-electron chi connectivity index (χ3n) is 2.84. The molecule has 3 heteroatoms. The summed E-state index contributed by atoms with van der Waals surface area (Å²) in [5.74, 6) is 0.275. The van der Waals surface area contributed by atoms with Gasteiger partial charge in [-0.25, -0.2) is 0 Å². The largest absolute Gasteiger partial charge is 0.503 e. The Balaban J connectivity index is 2.32. The fraction of sp³-hybridized carbons (Fsp3) is 0.133. The molecule has 0 atom stereocenters. The summed E-state index contributed by atoms with van der Waals surface area (Å²) >= 11 is 0. The summed E-state index contributed by atoms with van der Waals surface area (Å²) in [6, 6.07) is 13.4. The zero-order valence-electron chi connectivity index (χ0n) is 10.6. The summed E-state index contributed by atoms with van der Waals surface area (Å²) in [6.45, 7) is 0. The number of aliphatic hydroxyl groups excluding tert-OH is 1. The minimum Gasteiger partial charge on any atom is -0.503 e. The van der Waals surface area contributed by atoms with Crippen molar-refractivity contribution >= 4 is 11.4 Å². The molecular formula is C15H17N2O+. The van der Waals surface area contributed by atoms with Crippen LogP contribution in [0.15, 0.2) is 61.1 Å². The first kappa shape index (κ1) is 12.3. The second-order valence-electron chi connectivity index (χ2n) is 4.63. The van der Waals surface area contributed by atoms with Crippen LogP contribution in [0.2, 0.25) is 0 Å². The van der Waals surface area contributed by atoms with Crippen molar-refractivity contribution in [2.45, 2.75) is 0 Å². The number of nitrogens with zero attached hydrogens (tertiary/aromatic N) is 2. The van der Waals surface area contributed by atoms with E-state index in [0.717, 1.165) is 11.3 Å². The fourth-order valence-electron chi connectivity index (χ4n) is 1.79. The van der Waals surface area contributed by atoms with Crippen LogP contribution in [-0.4, -0.2) is 24.2 Å². The molecule has 0 unspecified atom stereocenters. The second kappa shape index (κ2) is 5.02. The number of pyridine rings is 1. The van der Waals surface area contributed by atoms with Crippen LogP contribution < -0.4 is 4.48 Å². The zero-order valence-corrected chi connectivity index (χ0v) is 10.6. The first-order valence-electron chi connectivity index (χ1n) is 5.81. The molecule has 0 aliphatic rings. The average Bonchev–Trinajstić information content (AvgIpc) is 2.40. The van der Waals surface area contributed by atoms with E-state index in [2.05, 4.69) is 4.98 Å². The van der Waals surface area contributed by atoms with E-state index < -0.39 is 0 Å². The predicted molar refractivity (Wildman–Crippen MR) is 74.9 cm³/mol. The van der Waals surface area contributed by atoms with E-state index in [-0.39, 0.29) is 5.76 Å². The number of aliphatic hydroxyl groups is 1. The van der Waals surface area contributed by atoms with Crippen molar-refractivity contribution in [2.75, 3.05) is 14.1 Å². The van der Waals surface area contributed by atoms with Gasteiger partial charge in [-0.3, -0.25) is 9.47 Å². The lowest BCUT2D eigenvalue weighted by atomic mass is 10.2. The molecule has 3 nitrogen and oxygen atoms in total. The highest BCUT2D eigenvalue weighted by Crippen LogP contribution is 2.21. The molecule has 0 bridgehead atoms. The molecule has 0 saturated heterocycles. The first-order valence-corrected chi connectivity index (χ1v) is 5.81. The quantitative estimate of drug-likeness (QED) is 0.661. The van der Waals surface area contributed by atoms with Crippen molar-refractivity contribution in [3.05, 3.63) is 66.6 Å². The third-order valence-corrected chi connectivity index (χ3v) is 2.84. The molecule has 0 fully saturated rings. The van der Waals surface area contributed by atoms with Crippen LogP contribution in [0.4, 0.5) is 5.69 Å². The molecule has 1 heterocycles. The van der Waals surface area contributed by atoms with Gasteiger partial charge in [0.1, 0.15) is 11.9 Å². The summed E-state index contributed by atoms with van der Waals surface area (Å²) in [4.78, 5) is 4.00. The van der Waals surface area contributed by atoms with Gasteiger partial charge in [0, 0.05) is 30.1 Å². The van der Waals surface area contributed by atoms with Gasteiger partial charge >= 0.3 is 0 Å². The van der Waals surface area contributed by atoms with Crippen LogP contribution in [0, 0.1) is 0 Å². The maximum absolute atomic E-state index is 10.1. The van der Waals surface area contributed by atoms with E-state index in [1.54, 1.807) is 12.4 Å². The minimum absolute atomic E-state index is 0.275. The van der Waals surface area contributed by atoms with Crippen molar-refractivity contribution in [1.29, 1.82) is 0 Å². The third kappa shape index (κ3) is 2.76. The molecule has 2 rings (SSSR count). The van der Waals surface area contributed by atoms with E-state index in [9.17, 15) is 5.11 Å². The van der Waals surface area contributed by atoms with Crippen LogP contribution in [0.5, 0.6) is 0 Å². The van der Waals surface area contributed by atoms with Crippen LogP contribution >= 0.6 is 0 Å². The number of benzene rings is 1. The molecule has 1 aromatic heterocycles. The predicted octanol–water partition coefficient (Wildman–Crippen LogP) is 3.21. The SMILES string of the molecule is C[N+](C)(/C=C(\O)c1ccccc1)c1ccncc1. The number of hydrogen-bond acceptors (Lipinski definition) is 2. The molecular weight excluding hydrogens is 224 g/mol. The van der Waals surface area contributed by atoms with Crippen molar-refractivity contribution in [1.82, 2.24) is 9.47 Å². The normalized spacial score (nSPS) is 12.4. The number of hydrogen-bond donors (Lipinski definition) is 1. The van der Waals surface area contributed by atoms with E-state index >= 15 is 0 Å². The Morgan fingerprint density at radius 1 is 1.06 bits per heavy atom. The molecule has 0 spiro atoms. The van der Waals surface area contributed by atoms with Gasteiger partial charge in [-0.2, -0.15) is 0 Å². The van der Waals surface area contributed by atoms with E-state index in [4.69, 9.17) is 0 Å². The van der Waals surface area contributed by atoms with Crippen molar-refractivity contribution in [2.24, 2.45) is 0 Å². The Morgan fingerprint density at radius 3 is 2.28 bits per heavy atom. The standard InChI is InChI=1S/C15H16N2O/c1-17(2,14-8-10-16-11-9-14)12-15(18)13-6-4-3-5-7-13/h3-12H,1-2H3/p+1/b15-12-. The van der Waals surface area contributed by atoms with Gasteiger partial charge in [0.25, 0.3) is 0 Å². The highest BCUT2D eigenvalue weighted by Gasteiger charge is 2.18. The van der Waals surface area contributed by atoms with Gasteiger partial charge < -0.3 is 5.11 Å². The second-order valence-corrected chi connectivity index (χ2v) is 4.63. The zero-order chi connectivity index (χ0) is 13.0. The Bertz CT molecular complexity index is 533. The lowest BCUT2D eigenvalue weighted by Gasteiger charge is -2.24. The first-order chi connectivity index (χ1) is 8.59. The summed E-state index contributed by atoms with van der Waals surface area (Å²) < 4.78 is 0.462. The average molecular weight is 241 g/mol. The van der Waals surface area contributed by atoms with Crippen molar-refractivity contribution in [3.8, 4) is 0 Å². The van der Waals surface area contributed by atoms with Gasteiger partial charge in [-0.1, -0.05) is 30.3 Å². The van der Waals surface area contributed by atoms with Gasteiger partial charge in [0.05, 0.1) is 14.1 Å². The topological polar surface area (TPSA) is 33.1 Å². The minimum atomic E-state index is 0.275. The highest BCUT2D eigenvalue weighted by atomic mass is 16.3. The number of quaternary nitrogens is 1. The van der Waals surface area contributed by atoms with Gasteiger partial charge in [0.15, 0.2) is 5.76 Å². The summed E-state index contributed by atoms with van der Waals surface area (Å²) in [5.41, 5.74) is 1.88. The Labute approximate surface area is 107 Å².